The normalized spacial score (nSPS) is 13.0. The van der Waals surface area contributed by atoms with Crippen LogP contribution in [0.4, 0.5) is 0 Å². The van der Waals surface area contributed by atoms with Gasteiger partial charge in [0.25, 0.3) is 0 Å². The Balaban J connectivity index is 0.00000176. The van der Waals surface area contributed by atoms with Crippen LogP contribution in [0.2, 0.25) is 0 Å². The summed E-state index contributed by atoms with van der Waals surface area (Å²) in [5.41, 5.74) is 2.60. The van der Waals surface area contributed by atoms with E-state index in [4.69, 9.17) is 9.47 Å². The van der Waals surface area contributed by atoms with Crippen molar-refractivity contribution in [3.63, 3.8) is 0 Å². The van der Waals surface area contributed by atoms with E-state index < -0.39 is 0 Å². The molecule has 1 aliphatic heterocycles. The standard InChI is InChI=1S/C18H18O3.Na/c1-3-12(2)20-18(19)14-8-6-10-17-15(14)11-13-7-4-5-9-16(13)21-17;/h4-10,12H,3,11H2,1-2H3;. The van der Waals surface area contributed by atoms with Crippen molar-refractivity contribution >= 4 is 35.5 Å². The third-order valence-corrected chi connectivity index (χ3v) is 3.80. The summed E-state index contributed by atoms with van der Waals surface area (Å²) >= 11 is 0. The van der Waals surface area contributed by atoms with E-state index in [-0.39, 0.29) is 41.6 Å². The van der Waals surface area contributed by atoms with Crippen molar-refractivity contribution < 1.29 is 14.3 Å². The number of para-hydroxylation sites is 1. The van der Waals surface area contributed by atoms with Gasteiger partial charge in [0.2, 0.25) is 0 Å². The Hall–Kier alpha value is -1.29. The smallest absolute Gasteiger partial charge is 0.338 e. The van der Waals surface area contributed by atoms with Crippen molar-refractivity contribution in [2.24, 2.45) is 0 Å². The second kappa shape index (κ2) is 7.32. The Morgan fingerprint density at radius 3 is 2.68 bits per heavy atom. The Morgan fingerprint density at radius 1 is 1.18 bits per heavy atom. The van der Waals surface area contributed by atoms with E-state index in [0.717, 1.165) is 29.0 Å². The number of hydrogen-bond donors (Lipinski definition) is 0. The minimum atomic E-state index is -0.274. The first kappa shape index (κ1) is 17.1. The van der Waals surface area contributed by atoms with Crippen molar-refractivity contribution in [2.75, 3.05) is 0 Å². The first-order chi connectivity index (χ1) is 10.2. The number of esters is 1. The van der Waals surface area contributed by atoms with Gasteiger partial charge in [0.05, 0.1) is 11.7 Å². The van der Waals surface area contributed by atoms with Gasteiger partial charge in [0.1, 0.15) is 11.5 Å². The van der Waals surface area contributed by atoms with Crippen LogP contribution in [0.15, 0.2) is 42.5 Å². The molecule has 0 aromatic heterocycles. The Labute approximate surface area is 152 Å². The fourth-order valence-electron chi connectivity index (χ4n) is 2.42. The first-order valence-electron chi connectivity index (χ1n) is 7.27. The average Bonchev–Trinajstić information content (AvgIpc) is 2.52. The molecule has 1 radical (unpaired) electrons. The molecular formula is C18H18NaO3. The molecule has 4 heteroatoms. The van der Waals surface area contributed by atoms with Crippen molar-refractivity contribution in [3.05, 3.63) is 59.2 Å². The fourth-order valence-corrected chi connectivity index (χ4v) is 2.42. The number of carbonyl (C=O) groups excluding carboxylic acids is 1. The maximum Gasteiger partial charge on any atom is 0.338 e. The number of benzene rings is 2. The van der Waals surface area contributed by atoms with Crippen LogP contribution >= 0.6 is 0 Å². The Kier molecular flexibility index (Phi) is 5.68. The predicted molar refractivity (Wildman–Crippen MR) is 86.7 cm³/mol. The predicted octanol–water partition coefficient (Wildman–Crippen LogP) is 3.96. The van der Waals surface area contributed by atoms with Crippen LogP contribution in [0, 0.1) is 0 Å². The van der Waals surface area contributed by atoms with Crippen molar-refractivity contribution in [1.29, 1.82) is 0 Å². The molecular weight excluding hydrogens is 287 g/mol. The summed E-state index contributed by atoms with van der Waals surface area (Å²) in [5.74, 6) is 1.33. The largest absolute Gasteiger partial charge is 0.459 e. The third-order valence-electron chi connectivity index (χ3n) is 3.80. The Morgan fingerprint density at radius 2 is 1.91 bits per heavy atom. The van der Waals surface area contributed by atoms with E-state index in [1.807, 2.05) is 50.2 Å². The molecule has 0 N–H and O–H groups in total. The van der Waals surface area contributed by atoms with Gasteiger partial charge in [-0.15, -0.1) is 0 Å². The van der Waals surface area contributed by atoms with E-state index in [2.05, 4.69) is 0 Å². The van der Waals surface area contributed by atoms with Crippen LogP contribution in [0.3, 0.4) is 0 Å². The first-order valence-corrected chi connectivity index (χ1v) is 7.27. The van der Waals surface area contributed by atoms with Crippen LogP contribution < -0.4 is 4.74 Å². The van der Waals surface area contributed by atoms with E-state index in [0.29, 0.717) is 12.0 Å². The van der Waals surface area contributed by atoms with Crippen LogP contribution in [0.25, 0.3) is 0 Å². The number of rotatable bonds is 3. The molecule has 1 aliphatic rings. The van der Waals surface area contributed by atoms with Gasteiger partial charge in [-0.2, -0.15) is 0 Å². The minimum absolute atomic E-state index is 0. The zero-order valence-corrected chi connectivity index (χ0v) is 15.3. The molecule has 0 amide bonds. The van der Waals surface area contributed by atoms with Crippen LogP contribution in [0.1, 0.15) is 41.8 Å². The molecule has 0 fully saturated rings. The maximum atomic E-state index is 12.3. The van der Waals surface area contributed by atoms with Gasteiger partial charge >= 0.3 is 5.97 Å². The molecule has 3 nitrogen and oxygen atoms in total. The van der Waals surface area contributed by atoms with Crippen molar-refractivity contribution in [3.8, 4) is 11.5 Å². The number of fused-ring (bicyclic) bond motifs is 2. The molecule has 0 spiro atoms. The summed E-state index contributed by atoms with van der Waals surface area (Å²) in [4.78, 5) is 12.3. The molecule has 22 heavy (non-hydrogen) atoms. The van der Waals surface area contributed by atoms with Crippen LogP contribution in [0.5, 0.6) is 11.5 Å². The molecule has 1 unspecified atom stereocenters. The van der Waals surface area contributed by atoms with E-state index in [9.17, 15) is 4.79 Å². The molecule has 0 saturated heterocycles. The monoisotopic (exact) mass is 305 g/mol. The number of ether oxygens (including phenoxy) is 2. The quantitative estimate of drug-likeness (QED) is 0.543. The summed E-state index contributed by atoms with van der Waals surface area (Å²) in [5, 5.41) is 0. The second-order valence-corrected chi connectivity index (χ2v) is 5.29. The summed E-state index contributed by atoms with van der Waals surface area (Å²) < 4.78 is 11.3. The van der Waals surface area contributed by atoms with Gasteiger partial charge in [-0.1, -0.05) is 31.2 Å². The van der Waals surface area contributed by atoms with Gasteiger partial charge in [-0.25, -0.2) is 4.79 Å². The molecule has 1 atom stereocenters. The van der Waals surface area contributed by atoms with Gasteiger partial charge in [0.15, 0.2) is 0 Å². The van der Waals surface area contributed by atoms with Gasteiger partial charge < -0.3 is 9.47 Å². The fraction of sp³-hybridized carbons (Fsp3) is 0.278. The average molecular weight is 305 g/mol. The molecule has 0 bridgehead atoms. The van der Waals surface area contributed by atoms with Gasteiger partial charge in [-0.3, -0.25) is 0 Å². The number of carbonyl (C=O) groups is 1. The summed E-state index contributed by atoms with van der Waals surface area (Å²) in [7, 11) is 0. The van der Waals surface area contributed by atoms with Gasteiger partial charge in [-0.05, 0) is 37.1 Å². The maximum absolute atomic E-state index is 12.3. The van der Waals surface area contributed by atoms with Crippen LogP contribution in [-0.4, -0.2) is 41.6 Å². The molecule has 3 rings (SSSR count). The van der Waals surface area contributed by atoms with E-state index >= 15 is 0 Å². The zero-order valence-electron chi connectivity index (χ0n) is 13.3. The van der Waals surface area contributed by atoms with Gasteiger partial charge in [0, 0.05) is 41.5 Å². The number of hydrogen-bond acceptors (Lipinski definition) is 3. The Bertz CT molecular complexity index is 682. The van der Waals surface area contributed by atoms with Crippen molar-refractivity contribution in [1.82, 2.24) is 0 Å². The molecule has 109 valence electrons. The zero-order chi connectivity index (χ0) is 14.8. The molecule has 2 aromatic rings. The van der Waals surface area contributed by atoms with E-state index in [1.54, 1.807) is 6.07 Å². The molecule has 1 heterocycles. The van der Waals surface area contributed by atoms with E-state index in [1.165, 1.54) is 0 Å². The SMILES string of the molecule is CCC(C)OC(=O)c1cccc2c1Cc1ccccc1O2.[Na]. The van der Waals surface area contributed by atoms with Crippen LogP contribution in [-0.2, 0) is 11.2 Å². The summed E-state index contributed by atoms with van der Waals surface area (Å²) in [6.45, 7) is 3.90. The summed E-state index contributed by atoms with van der Waals surface area (Å²) in [6, 6.07) is 13.4. The minimum Gasteiger partial charge on any atom is -0.459 e. The molecule has 0 saturated carbocycles. The molecule has 2 aromatic carbocycles. The topological polar surface area (TPSA) is 35.5 Å². The third kappa shape index (κ3) is 3.37. The molecule has 0 aliphatic carbocycles. The second-order valence-electron chi connectivity index (χ2n) is 5.29. The van der Waals surface area contributed by atoms with Crippen molar-refractivity contribution in [2.45, 2.75) is 32.8 Å². The summed E-state index contributed by atoms with van der Waals surface area (Å²) in [6.07, 6.45) is 1.42.